The molecule has 0 atom stereocenters. The Labute approximate surface area is 110 Å². The second-order valence-electron chi connectivity index (χ2n) is 3.92. The number of fused-ring (bicyclic) bond motifs is 1. The van der Waals surface area contributed by atoms with Gasteiger partial charge in [0.15, 0.2) is 0 Å². The van der Waals surface area contributed by atoms with Gasteiger partial charge in [0.2, 0.25) is 0 Å². The quantitative estimate of drug-likeness (QED) is 0.718. The second-order valence-corrected chi connectivity index (χ2v) is 4.36. The largest absolute Gasteiger partial charge is 0.487 e. The number of halogens is 1. The number of imidazole rings is 1. The molecule has 0 aliphatic heterocycles. The summed E-state index contributed by atoms with van der Waals surface area (Å²) in [6.45, 7) is 0.479. The fraction of sp³-hybridized carbons (Fsp3) is 0.0714. The standard InChI is InChI=1S/C14H11ClN2O/c15-11-4-6-13(7-5-11)18-10-12-9-16-14-3-1-2-8-17(12)14/h1-9H,10H2. The van der Waals surface area contributed by atoms with Crippen molar-refractivity contribution in [2.45, 2.75) is 6.61 Å². The Hall–Kier alpha value is -2.00. The second kappa shape index (κ2) is 4.70. The van der Waals surface area contributed by atoms with Crippen molar-refractivity contribution in [2.75, 3.05) is 0 Å². The van der Waals surface area contributed by atoms with Crippen molar-refractivity contribution in [2.24, 2.45) is 0 Å². The van der Waals surface area contributed by atoms with Crippen LogP contribution in [0.5, 0.6) is 5.75 Å². The van der Waals surface area contributed by atoms with E-state index in [1.165, 1.54) is 0 Å². The molecule has 2 aromatic heterocycles. The van der Waals surface area contributed by atoms with Gasteiger partial charge in [0, 0.05) is 11.2 Å². The molecule has 0 spiro atoms. The maximum Gasteiger partial charge on any atom is 0.136 e. The number of hydrogen-bond donors (Lipinski definition) is 0. The number of benzene rings is 1. The molecule has 3 nitrogen and oxygen atoms in total. The number of aromatic nitrogens is 2. The lowest BCUT2D eigenvalue weighted by molar-refractivity contribution is 0.300. The fourth-order valence-electron chi connectivity index (χ4n) is 1.78. The van der Waals surface area contributed by atoms with Crippen LogP contribution in [0.2, 0.25) is 5.02 Å². The van der Waals surface area contributed by atoms with Gasteiger partial charge in [-0.3, -0.25) is 0 Å². The van der Waals surface area contributed by atoms with Crippen LogP contribution in [-0.4, -0.2) is 9.38 Å². The molecule has 4 heteroatoms. The molecule has 0 unspecified atom stereocenters. The van der Waals surface area contributed by atoms with Gasteiger partial charge in [-0.05, 0) is 36.4 Å². The molecular weight excluding hydrogens is 248 g/mol. The average molecular weight is 259 g/mol. The average Bonchev–Trinajstić information content (AvgIpc) is 2.82. The summed E-state index contributed by atoms with van der Waals surface area (Å²) < 4.78 is 7.70. The maximum atomic E-state index is 5.82. The summed E-state index contributed by atoms with van der Waals surface area (Å²) in [6, 6.07) is 13.2. The van der Waals surface area contributed by atoms with Crippen LogP contribution in [0, 0.1) is 0 Å². The van der Waals surface area contributed by atoms with E-state index in [9.17, 15) is 0 Å². The van der Waals surface area contributed by atoms with E-state index in [0.29, 0.717) is 11.6 Å². The third-order valence-electron chi connectivity index (χ3n) is 2.69. The summed E-state index contributed by atoms with van der Waals surface area (Å²) in [4.78, 5) is 4.31. The number of hydrogen-bond acceptors (Lipinski definition) is 2. The highest BCUT2D eigenvalue weighted by Gasteiger charge is 2.03. The zero-order chi connectivity index (χ0) is 12.4. The lowest BCUT2D eigenvalue weighted by atomic mass is 10.3. The molecule has 2 heterocycles. The van der Waals surface area contributed by atoms with E-state index in [-0.39, 0.29) is 0 Å². The number of nitrogens with zero attached hydrogens (tertiary/aromatic N) is 2. The first kappa shape index (κ1) is 11.1. The molecule has 0 fully saturated rings. The van der Waals surface area contributed by atoms with Gasteiger partial charge in [-0.1, -0.05) is 17.7 Å². The molecule has 0 N–H and O–H groups in total. The molecule has 18 heavy (non-hydrogen) atoms. The number of rotatable bonds is 3. The summed E-state index contributed by atoms with van der Waals surface area (Å²) >= 11 is 5.82. The summed E-state index contributed by atoms with van der Waals surface area (Å²) in [5, 5.41) is 0.706. The SMILES string of the molecule is Clc1ccc(OCc2cnc3ccccn23)cc1. The summed E-state index contributed by atoms with van der Waals surface area (Å²) in [5.41, 5.74) is 1.94. The Morgan fingerprint density at radius 1 is 1.11 bits per heavy atom. The first-order valence-corrected chi connectivity index (χ1v) is 6.00. The van der Waals surface area contributed by atoms with Gasteiger partial charge in [-0.25, -0.2) is 4.98 Å². The molecule has 90 valence electrons. The minimum atomic E-state index is 0.479. The smallest absolute Gasteiger partial charge is 0.136 e. The van der Waals surface area contributed by atoms with Crippen LogP contribution in [0.15, 0.2) is 54.9 Å². The van der Waals surface area contributed by atoms with Gasteiger partial charge in [-0.15, -0.1) is 0 Å². The van der Waals surface area contributed by atoms with E-state index in [0.717, 1.165) is 17.1 Å². The van der Waals surface area contributed by atoms with Crippen LogP contribution in [0.25, 0.3) is 5.65 Å². The van der Waals surface area contributed by atoms with Crippen LogP contribution >= 0.6 is 11.6 Å². The first-order valence-electron chi connectivity index (χ1n) is 5.62. The lowest BCUT2D eigenvalue weighted by Gasteiger charge is -2.05. The zero-order valence-corrected chi connectivity index (χ0v) is 10.3. The van der Waals surface area contributed by atoms with Gasteiger partial charge >= 0.3 is 0 Å². The van der Waals surface area contributed by atoms with Gasteiger partial charge in [0.1, 0.15) is 18.0 Å². The number of pyridine rings is 1. The van der Waals surface area contributed by atoms with Crippen molar-refractivity contribution < 1.29 is 4.74 Å². The monoisotopic (exact) mass is 258 g/mol. The van der Waals surface area contributed by atoms with Crippen molar-refractivity contribution in [3.63, 3.8) is 0 Å². The highest BCUT2D eigenvalue weighted by atomic mass is 35.5. The van der Waals surface area contributed by atoms with Crippen LogP contribution < -0.4 is 4.74 Å². The van der Waals surface area contributed by atoms with Crippen molar-refractivity contribution >= 4 is 17.2 Å². The fourth-order valence-corrected chi connectivity index (χ4v) is 1.91. The van der Waals surface area contributed by atoms with Crippen molar-refractivity contribution in [3.8, 4) is 5.75 Å². The van der Waals surface area contributed by atoms with E-state index >= 15 is 0 Å². The topological polar surface area (TPSA) is 26.5 Å². The number of ether oxygens (including phenoxy) is 1. The van der Waals surface area contributed by atoms with E-state index in [2.05, 4.69) is 4.98 Å². The summed E-state index contributed by atoms with van der Waals surface area (Å²) in [6.07, 6.45) is 3.80. The Kier molecular flexibility index (Phi) is 2.90. The third-order valence-corrected chi connectivity index (χ3v) is 2.95. The van der Waals surface area contributed by atoms with Crippen molar-refractivity contribution in [3.05, 3.63) is 65.6 Å². The highest BCUT2D eigenvalue weighted by Crippen LogP contribution is 2.17. The minimum absolute atomic E-state index is 0.479. The first-order chi connectivity index (χ1) is 8.83. The Morgan fingerprint density at radius 3 is 2.78 bits per heavy atom. The Bertz CT molecular complexity index is 661. The van der Waals surface area contributed by atoms with E-state index in [1.807, 2.05) is 59.3 Å². The van der Waals surface area contributed by atoms with Crippen molar-refractivity contribution in [1.82, 2.24) is 9.38 Å². The summed E-state index contributed by atoms with van der Waals surface area (Å²) in [7, 11) is 0. The molecule has 3 aromatic rings. The molecule has 0 aliphatic carbocycles. The molecule has 0 bridgehead atoms. The highest BCUT2D eigenvalue weighted by molar-refractivity contribution is 6.30. The van der Waals surface area contributed by atoms with Gasteiger partial charge in [0.05, 0.1) is 11.9 Å². The molecule has 0 saturated heterocycles. The van der Waals surface area contributed by atoms with Crippen molar-refractivity contribution in [1.29, 1.82) is 0 Å². The normalized spacial score (nSPS) is 10.7. The van der Waals surface area contributed by atoms with E-state index in [1.54, 1.807) is 0 Å². The zero-order valence-electron chi connectivity index (χ0n) is 9.58. The Morgan fingerprint density at radius 2 is 1.94 bits per heavy atom. The molecule has 0 aliphatic rings. The maximum absolute atomic E-state index is 5.82. The predicted octanol–water partition coefficient (Wildman–Crippen LogP) is 3.57. The minimum Gasteiger partial charge on any atom is -0.487 e. The predicted molar refractivity (Wildman–Crippen MR) is 71.0 cm³/mol. The van der Waals surface area contributed by atoms with Gasteiger partial charge in [0.25, 0.3) is 0 Å². The van der Waals surface area contributed by atoms with E-state index < -0.39 is 0 Å². The van der Waals surface area contributed by atoms with Crippen LogP contribution in [0.4, 0.5) is 0 Å². The molecule has 3 rings (SSSR count). The molecule has 0 amide bonds. The van der Waals surface area contributed by atoms with Crippen LogP contribution in [0.3, 0.4) is 0 Å². The molecule has 0 saturated carbocycles. The van der Waals surface area contributed by atoms with Crippen LogP contribution in [0.1, 0.15) is 5.69 Å². The third kappa shape index (κ3) is 2.17. The lowest BCUT2D eigenvalue weighted by Crippen LogP contribution is -1.99. The molecular formula is C14H11ClN2O. The van der Waals surface area contributed by atoms with Gasteiger partial charge in [-0.2, -0.15) is 0 Å². The van der Waals surface area contributed by atoms with Crippen LogP contribution in [-0.2, 0) is 6.61 Å². The van der Waals surface area contributed by atoms with E-state index in [4.69, 9.17) is 16.3 Å². The molecule has 0 radical (unpaired) electrons. The summed E-state index contributed by atoms with van der Waals surface area (Å²) in [5.74, 6) is 0.797. The van der Waals surface area contributed by atoms with Gasteiger partial charge < -0.3 is 9.14 Å². The molecule has 1 aromatic carbocycles. The Balaban J connectivity index is 1.79.